The number of nitrogens with zero attached hydrogens (tertiary/aromatic N) is 1. The van der Waals surface area contributed by atoms with Crippen LogP contribution in [0.4, 0.5) is 0 Å². The summed E-state index contributed by atoms with van der Waals surface area (Å²) in [5, 5.41) is 0. The molecule has 1 fully saturated rings. The maximum Gasteiger partial charge on any atom is 0.181 e. The molecule has 0 atom stereocenters. The van der Waals surface area contributed by atoms with E-state index in [1.54, 1.807) is 17.0 Å². The van der Waals surface area contributed by atoms with Crippen LogP contribution in [0.15, 0.2) is 29.3 Å². The minimum Gasteiger partial charge on any atom is -0.347 e. The molecule has 0 unspecified atom stereocenters. The molecule has 0 radical (unpaired) electrons. The van der Waals surface area contributed by atoms with Crippen LogP contribution < -0.4 is 5.43 Å². The molecule has 0 saturated heterocycles. The van der Waals surface area contributed by atoms with Crippen LogP contribution in [-0.2, 0) is 11.3 Å². The first-order valence-electron chi connectivity index (χ1n) is 5.44. The summed E-state index contributed by atoms with van der Waals surface area (Å²) in [5.41, 5.74) is -0.0143. The molecule has 0 amide bonds. The first-order valence-corrected chi connectivity index (χ1v) is 5.44. The molecule has 0 aliphatic heterocycles. The topological polar surface area (TPSA) is 39.1 Å². The molecule has 0 N–H and O–H groups in total. The van der Waals surface area contributed by atoms with Gasteiger partial charge in [-0.3, -0.25) is 9.59 Å². The second-order valence-corrected chi connectivity index (χ2v) is 4.15. The van der Waals surface area contributed by atoms with Gasteiger partial charge in [-0.2, -0.15) is 0 Å². The largest absolute Gasteiger partial charge is 0.347 e. The Morgan fingerprint density at radius 1 is 1.27 bits per heavy atom. The number of ketones is 1. The van der Waals surface area contributed by atoms with Crippen LogP contribution >= 0.6 is 0 Å². The van der Waals surface area contributed by atoms with Gasteiger partial charge in [-0.05, 0) is 12.8 Å². The van der Waals surface area contributed by atoms with Gasteiger partial charge in [0, 0.05) is 30.4 Å². The van der Waals surface area contributed by atoms with E-state index in [1.165, 1.54) is 25.0 Å². The van der Waals surface area contributed by atoms with Gasteiger partial charge in [0.05, 0.1) is 6.54 Å². The molecule has 1 aliphatic carbocycles. The molecule has 2 rings (SSSR count). The van der Waals surface area contributed by atoms with Crippen molar-refractivity contribution in [2.45, 2.75) is 32.2 Å². The zero-order valence-electron chi connectivity index (χ0n) is 8.69. The SMILES string of the molecule is O=C(Cn1ccc(=O)cc1)C1CCCC1. The fourth-order valence-electron chi connectivity index (χ4n) is 2.11. The normalized spacial score (nSPS) is 16.8. The summed E-state index contributed by atoms with van der Waals surface area (Å²) in [6.45, 7) is 0.408. The van der Waals surface area contributed by atoms with Crippen LogP contribution in [0.5, 0.6) is 0 Å². The van der Waals surface area contributed by atoms with Gasteiger partial charge in [-0.15, -0.1) is 0 Å². The van der Waals surface area contributed by atoms with E-state index < -0.39 is 0 Å². The maximum atomic E-state index is 11.8. The summed E-state index contributed by atoms with van der Waals surface area (Å²) >= 11 is 0. The number of Topliss-reactive ketones (excluding diaryl/α,β-unsaturated/α-hetero) is 1. The highest BCUT2D eigenvalue weighted by Gasteiger charge is 2.22. The lowest BCUT2D eigenvalue weighted by Gasteiger charge is -2.09. The fourth-order valence-corrected chi connectivity index (χ4v) is 2.11. The van der Waals surface area contributed by atoms with Gasteiger partial charge in [0.1, 0.15) is 0 Å². The van der Waals surface area contributed by atoms with E-state index >= 15 is 0 Å². The monoisotopic (exact) mass is 205 g/mol. The van der Waals surface area contributed by atoms with Crippen molar-refractivity contribution in [2.75, 3.05) is 0 Å². The lowest BCUT2D eigenvalue weighted by molar-refractivity contribution is -0.123. The maximum absolute atomic E-state index is 11.8. The van der Waals surface area contributed by atoms with Crippen molar-refractivity contribution in [1.82, 2.24) is 4.57 Å². The number of pyridine rings is 1. The first-order chi connectivity index (χ1) is 7.25. The number of hydrogen-bond acceptors (Lipinski definition) is 2. The summed E-state index contributed by atoms with van der Waals surface area (Å²) in [4.78, 5) is 22.7. The molecular formula is C12H15NO2. The molecule has 1 heterocycles. The second-order valence-electron chi connectivity index (χ2n) is 4.15. The Kier molecular flexibility index (Phi) is 2.99. The summed E-state index contributed by atoms with van der Waals surface area (Å²) in [6.07, 6.45) is 7.80. The lowest BCUT2D eigenvalue weighted by atomic mass is 10.0. The summed E-state index contributed by atoms with van der Waals surface area (Å²) in [7, 11) is 0. The average molecular weight is 205 g/mol. The number of aromatic nitrogens is 1. The summed E-state index contributed by atoms with van der Waals surface area (Å²) in [5.74, 6) is 0.556. The van der Waals surface area contributed by atoms with Crippen molar-refractivity contribution >= 4 is 5.78 Å². The van der Waals surface area contributed by atoms with Crippen LogP contribution in [0, 0.1) is 5.92 Å². The van der Waals surface area contributed by atoms with Gasteiger partial charge in [0.15, 0.2) is 11.2 Å². The van der Waals surface area contributed by atoms with Gasteiger partial charge in [-0.1, -0.05) is 12.8 Å². The smallest absolute Gasteiger partial charge is 0.181 e. The van der Waals surface area contributed by atoms with Gasteiger partial charge in [0.25, 0.3) is 0 Å². The van der Waals surface area contributed by atoms with Crippen molar-refractivity contribution in [3.05, 3.63) is 34.7 Å². The van der Waals surface area contributed by atoms with Crippen LogP contribution in [-0.4, -0.2) is 10.4 Å². The fraction of sp³-hybridized carbons (Fsp3) is 0.500. The lowest BCUT2D eigenvalue weighted by Crippen LogP contribution is -2.18. The van der Waals surface area contributed by atoms with E-state index in [1.807, 2.05) is 0 Å². The molecule has 1 saturated carbocycles. The van der Waals surface area contributed by atoms with E-state index in [4.69, 9.17) is 0 Å². The third-order valence-electron chi connectivity index (χ3n) is 3.01. The van der Waals surface area contributed by atoms with Gasteiger partial charge in [-0.25, -0.2) is 0 Å². The highest BCUT2D eigenvalue weighted by Crippen LogP contribution is 2.25. The zero-order chi connectivity index (χ0) is 10.7. The second kappa shape index (κ2) is 4.43. The van der Waals surface area contributed by atoms with Gasteiger partial charge >= 0.3 is 0 Å². The molecule has 1 aliphatic rings. The van der Waals surface area contributed by atoms with Crippen molar-refractivity contribution < 1.29 is 4.79 Å². The molecule has 0 bridgehead atoms. The van der Waals surface area contributed by atoms with E-state index in [0.717, 1.165) is 12.8 Å². The van der Waals surface area contributed by atoms with Crippen LogP contribution in [0.3, 0.4) is 0 Å². The summed E-state index contributed by atoms with van der Waals surface area (Å²) in [6, 6.07) is 2.98. The van der Waals surface area contributed by atoms with E-state index in [2.05, 4.69) is 0 Å². The van der Waals surface area contributed by atoms with Gasteiger partial charge in [0.2, 0.25) is 0 Å². The molecule has 0 spiro atoms. The number of hydrogen-bond donors (Lipinski definition) is 0. The number of carbonyl (C=O) groups is 1. The van der Waals surface area contributed by atoms with Crippen LogP contribution in [0.25, 0.3) is 0 Å². The molecule has 1 aromatic rings. The van der Waals surface area contributed by atoms with E-state index in [-0.39, 0.29) is 11.3 Å². The van der Waals surface area contributed by atoms with Gasteiger partial charge < -0.3 is 4.57 Å². The van der Waals surface area contributed by atoms with Crippen molar-refractivity contribution in [1.29, 1.82) is 0 Å². The minimum absolute atomic E-state index is 0.0143. The van der Waals surface area contributed by atoms with Crippen molar-refractivity contribution in [3.63, 3.8) is 0 Å². The Morgan fingerprint density at radius 2 is 1.87 bits per heavy atom. The third kappa shape index (κ3) is 2.55. The van der Waals surface area contributed by atoms with E-state index in [9.17, 15) is 9.59 Å². The number of carbonyl (C=O) groups excluding carboxylic acids is 1. The molecule has 0 aromatic carbocycles. The highest BCUT2D eigenvalue weighted by atomic mass is 16.1. The molecule has 1 aromatic heterocycles. The minimum atomic E-state index is -0.0143. The Bertz CT molecular complexity index is 382. The predicted molar refractivity (Wildman–Crippen MR) is 57.7 cm³/mol. The molecule has 15 heavy (non-hydrogen) atoms. The quantitative estimate of drug-likeness (QED) is 0.752. The van der Waals surface area contributed by atoms with E-state index in [0.29, 0.717) is 12.3 Å². The first kappa shape index (κ1) is 10.1. The third-order valence-corrected chi connectivity index (χ3v) is 3.01. The zero-order valence-corrected chi connectivity index (χ0v) is 8.69. The molecule has 3 heteroatoms. The Labute approximate surface area is 88.7 Å². The standard InChI is InChI=1S/C12H15NO2/c14-11-5-7-13(8-6-11)9-12(15)10-3-1-2-4-10/h5-8,10H,1-4,9H2. The molecular weight excluding hydrogens is 190 g/mol. The highest BCUT2D eigenvalue weighted by molar-refractivity contribution is 5.81. The van der Waals surface area contributed by atoms with Crippen molar-refractivity contribution in [3.8, 4) is 0 Å². The van der Waals surface area contributed by atoms with Crippen molar-refractivity contribution in [2.24, 2.45) is 5.92 Å². The molecule has 80 valence electrons. The Morgan fingerprint density at radius 3 is 2.47 bits per heavy atom. The van der Waals surface area contributed by atoms with Crippen LogP contribution in [0.2, 0.25) is 0 Å². The molecule has 3 nitrogen and oxygen atoms in total. The average Bonchev–Trinajstić information content (AvgIpc) is 2.74. The Balaban J connectivity index is 1.99. The summed E-state index contributed by atoms with van der Waals surface area (Å²) < 4.78 is 1.78. The Hall–Kier alpha value is -1.38. The number of rotatable bonds is 3. The predicted octanol–water partition coefficient (Wildman–Crippen LogP) is 1.61. The van der Waals surface area contributed by atoms with Crippen LogP contribution in [0.1, 0.15) is 25.7 Å².